The Labute approximate surface area is 162 Å². The first-order chi connectivity index (χ1) is 13.2. The van der Waals surface area contributed by atoms with Gasteiger partial charge in [-0.25, -0.2) is 4.99 Å². The number of aliphatic imine (C=N–C) groups is 1. The molecule has 0 atom stereocenters. The van der Waals surface area contributed by atoms with E-state index < -0.39 is 0 Å². The van der Waals surface area contributed by atoms with Crippen LogP contribution in [-0.2, 0) is 13.0 Å². The molecule has 0 spiro atoms. The second kappa shape index (κ2) is 7.37. The van der Waals surface area contributed by atoms with Gasteiger partial charge in [-0.2, -0.15) is 0 Å². The summed E-state index contributed by atoms with van der Waals surface area (Å²) in [4.78, 5) is 10.9. The van der Waals surface area contributed by atoms with Gasteiger partial charge in [-0.05, 0) is 37.1 Å². The zero-order chi connectivity index (χ0) is 18.8. The molecule has 4 nitrogen and oxygen atoms in total. The third kappa shape index (κ3) is 3.26. The molecule has 4 rings (SSSR count). The van der Waals surface area contributed by atoms with E-state index in [2.05, 4.69) is 24.0 Å². The van der Waals surface area contributed by atoms with Crippen LogP contribution in [0.5, 0.6) is 5.88 Å². The van der Waals surface area contributed by atoms with Crippen molar-refractivity contribution < 1.29 is 5.11 Å². The largest absolute Gasteiger partial charge is 0.493 e. The van der Waals surface area contributed by atoms with E-state index in [1.165, 1.54) is 16.9 Å². The smallest absolute Gasteiger partial charge is 0.211 e. The van der Waals surface area contributed by atoms with Crippen LogP contribution in [0.15, 0.2) is 58.5 Å². The predicted molar refractivity (Wildman–Crippen MR) is 113 cm³/mol. The molecule has 1 N–H and O–H groups in total. The van der Waals surface area contributed by atoms with Crippen LogP contribution < -0.4 is 4.80 Å². The third-order valence-electron chi connectivity index (χ3n) is 4.66. The number of hydrogen-bond donors (Lipinski definition) is 1. The molecule has 0 fully saturated rings. The van der Waals surface area contributed by atoms with Crippen LogP contribution in [-0.4, -0.2) is 15.9 Å². The fourth-order valence-electron chi connectivity index (χ4n) is 3.20. The lowest BCUT2D eigenvalue weighted by Crippen LogP contribution is -2.12. The highest BCUT2D eigenvalue weighted by atomic mass is 32.1. The maximum Gasteiger partial charge on any atom is 0.211 e. The molecule has 0 amide bonds. The molecular weight excluding hydrogens is 354 g/mol. The summed E-state index contributed by atoms with van der Waals surface area (Å²) in [6.07, 6.45) is 4.77. The second-order valence-corrected chi connectivity index (χ2v) is 7.29. The molecule has 3 aromatic rings. The van der Waals surface area contributed by atoms with E-state index in [-0.39, 0.29) is 5.88 Å². The predicted octanol–water partition coefficient (Wildman–Crippen LogP) is 5.33. The number of aryl methyl sites for hydroxylation is 1. The van der Waals surface area contributed by atoms with E-state index >= 15 is 0 Å². The summed E-state index contributed by atoms with van der Waals surface area (Å²) in [5.74, 6) is 0.250. The van der Waals surface area contributed by atoms with E-state index in [0.717, 1.165) is 38.6 Å². The number of fused-ring (bicyclic) bond motifs is 1. The Morgan fingerprint density at radius 2 is 1.89 bits per heavy atom. The minimum atomic E-state index is 0.250. The van der Waals surface area contributed by atoms with Gasteiger partial charge < -0.3 is 5.11 Å². The molecule has 0 bridgehead atoms. The third-order valence-corrected chi connectivity index (χ3v) is 5.67. The minimum Gasteiger partial charge on any atom is -0.493 e. The van der Waals surface area contributed by atoms with Crippen LogP contribution in [0.4, 0.5) is 11.4 Å². The first-order valence-corrected chi connectivity index (χ1v) is 9.93. The highest BCUT2D eigenvalue weighted by Crippen LogP contribution is 2.34. The first-order valence-electron chi connectivity index (χ1n) is 9.11. The monoisotopic (exact) mass is 375 g/mol. The van der Waals surface area contributed by atoms with Crippen LogP contribution in [0, 0.1) is 0 Å². The van der Waals surface area contributed by atoms with Crippen molar-refractivity contribution in [2.75, 3.05) is 0 Å². The fraction of sp³-hybridized carbons (Fsp3) is 0.182. The maximum atomic E-state index is 10.7. The van der Waals surface area contributed by atoms with E-state index in [4.69, 9.17) is 4.99 Å². The van der Waals surface area contributed by atoms with Crippen molar-refractivity contribution in [1.29, 1.82) is 0 Å². The van der Waals surface area contributed by atoms with Crippen LogP contribution in [0.25, 0.3) is 11.6 Å². The number of para-hydroxylation sites is 2. The quantitative estimate of drug-likeness (QED) is 0.659. The highest BCUT2D eigenvalue weighted by molar-refractivity contribution is 7.10. The Kier molecular flexibility index (Phi) is 4.77. The van der Waals surface area contributed by atoms with Crippen molar-refractivity contribution in [2.45, 2.75) is 26.8 Å². The average molecular weight is 375 g/mol. The number of rotatable bonds is 4. The molecule has 0 unspecified atom stereocenters. The summed E-state index contributed by atoms with van der Waals surface area (Å²) in [6, 6.07) is 16.2. The van der Waals surface area contributed by atoms with Crippen molar-refractivity contribution in [2.24, 2.45) is 9.98 Å². The number of hydrogen-bond acceptors (Lipinski definition) is 4. The minimum absolute atomic E-state index is 0.250. The molecule has 2 aromatic carbocycles. The van der Waals surface area contributed by atoms with E-state index in [1.807, 2.05) is 60.2 Å². The van der Waals surface area contributed by atoms with Crippen molar-refractivity contribution >= 4 is 40.6 Å². The van der Waals surface area contributed by atoms with Gasteiger partial charge in [0.15, 0.2) is 4.80 Å². The zero-order valence-electron chi connectivity index (χ0n) is 15.4. The summed E-state index contributed by atoms with van der Waals surface area (Å²) in [7, 11) is 0. The lowest BCUT2D eigenvalue weighted by atomic mass is 10.1. The van der Waals surface area contributed by atoms with E-state index in [0.29, 0.717) is 6.54 Å². The van der Waals surface area contributed by atoms with Crippen molar-refractivity contribution in [1.82, 2.24) is 4.57 Å². The Balaban J connectivity index is 1.83. The highest BCUT2D eigenvalue weighted by Gasteiger charge is 2.15. The molecule has 0 saturated heterocycles. The molecule has 5 heteroatoms. The van der Waals surface area contributed by atoms with Crippen LogP contribution in [0.2, 0.25) is 0 Å². The molecule has 0 aliphatic carbocycles. The molecule has 1 aromatic heterocycles. The van der Waals surface area contributed by atoms with Crippen molar-refractivity contribution in [3.8, 4) is 5.88 Å². The molecule has 1 aliphatic rings. The van der Waals surface area contributed by atoms with Gasteiger partial charge >= 0.3 is 0 Å². The standard InChI is InChI=1S/C22H21N3OS/c1-3-15-9-5-7-11-18(15)24-22-25(4-2)21(26)20(27-22)13-16-14-23-19-12-8-6-10-17(16)19/h5-14,26H,3-4H2,1-2H3/b16-13+,24-22?. The number of thiazole rings is 1. The molecule has 0 saturated carbocycles. The number of benzene rings is 2. The SMILES string of the molecule is CCc1ccccc1N=c1sc(/C=C2\C=Nc3ccccc32)c(O)n1CC. The van der Waals surface area contributed by atoms with Crippen LogP contribution in [0.3, 0.4) is 0 Å². The van der Waals surface area contributed by atoms with E-state index in [1.54, 1.807) is 0 Å². The zero-order valence-corrected chi connectivity index (χ0v) is 16.2. The Hall–Kier alpha value is -2.92. The Morgan fingerprint density at radius 1 is 1.11 bits per heavy atom. The van der Waals surface area contributed by atoms with E-state index in [9.17, 15) is 5.11 Å². The van der Waals surface area contributed by atoms with Crippen molar-refractivity contribution in [3.05, 3.63) is 69.3 Å². The Bertz CT molecular complexity index is 1120. The van der Waals surface area contributed by atoms with Gasteiger partial charge in [0, 0.05) is 23.9 Å². The number of aromatic hydroxyl groups is 1. The number of allylic oxidation sites excluding steroid dienone is 1. The van der Waals surface area contributed by atoms with Gasteiger partial charge in [0.25, 0.3) is 0 Å². The molecule has 27 heavy (non-hydrogen) atoms. The second-order valence-electron chi connectivity index (χ2n) is 6.29. The van der Waals surface area contributed by atoms with Gasteiger partial charge in [0.2, 0.25) is 5.88 Å². The summed E-state index contributed by atoms with van der Waals surface area (Å²) in [5, 5.41) is 10.7. The summed E-state index contributed by atoms with van der Waals surface area (Å²) < 4.78 is 1.85. The molecule has 136 valence electrons. The molecule has 1 aliphatic heterocycles. The summed E-state index contributed by atoms with van der Waals surface area (Å²) >= 11 is 1.49. The maximum absolute atomic E-state index is 10.7. The molecular formula is C22H21N3OS. The van der Waals surface area contributed by atoms with Gasteiger partial charge in [-0.3, -0.25) is 9.56 Å². The average Bonchev–Trinajstić information content (AvgIpc) is 3.24. The normalized spacial score (nSPS) is 14.9. The van der Waals surface area contributed by atoms with Crippen molar-refractivity contribution in [3.63, 3.8) is 0 Å². The Morgan fingerprint density at radius 3 is 2.70 bits per heavy atom. The fourth-order valence-corrected chi connectivity index (χ4v) is 4.26. The van der Waals surface area contributed by atoms with Crippen LogP contribution in [0.1, 0.15) is 29.9 Å². The van der Waals surface area contributed by atoms with Gasteiger partial charge in [-0.15, -0.1) is 0 Å². The molecule has 2 heterocycles. The lowest BCUT2D eigenvalue weighted by Gasteiger charge is -2.03. The van der Waals surface area contributed by atoms with Gasteiger partial charge in [0.1, 0.15) is 0 Å². The number of aromatic nitrogens is 1. The van der Waals surface area contributed by atoms with Gasteiger partial charge in [0.05, 0.1) is 16.3 Å². The summed E-state index contributed by atoms with van der Waals surface area (Å²) in [6.45, 7) is 4.80. The molecule has 0 radical (unpaired) electrons. The topological polar surface area (TPSA) is 49.9 Å². The summed E-state index contributed by atoms with van der Waals surface area (Å²) in [5.41, 5.74) is 5.21. The van der Waals surface area contributed by atoms with Gasteiger partial charge in [-0.1, -0.05) is 54.7 Å². The van der Waals surface area contributed by atoms with Crippen LogP contribution >= 0.6 is 11.3 Å². The number of nitrogens with zero attached hydrogens (tertiary/aromatic N) is 3. The first kappa shape index (κ1) is 17.5. The lowest BCUT2D eigenvalue weighted by molar-refractivity contribution is 0.416.